The predicted octanol–water partition coefficient (Wildman–Crippen LogP) is 3.22. The highest BCUT2D eigenvalue weighted by Gasteiger charge is 2.10. The van der Waals surface area contributed by atoms with Gasteiger partial charge in [-0.1, -0.05) is 26.0 Å². The zero-order chi connectivity index (χ0) is 7.56. The lowest BCUT2D eigenvalue weighted by molar-refractivity contribution is 0.523. The molecule has 10 heavy (non-hydrogen) atoms. The fourth-order valence-electron chi connectivity index (χ4n) is 1.16. The van der Waals surface area contributed by atoms with Crippen LogP contribution in [0.1, 0.15) is 26.7 Å². The van der Waals surface area contributed by atoms with Crippen molar-refractivity contribution in [2.75, 3.05) is 0 Å². The third kappa shape index (κ3) is 1.47. The molecule has 0 nitrogen and oxygen atoms in total. The van der Waals surface area contributed by atoms with Crippen LogP contribution < -0.4 is 0 Å². The quantitative estimate of drug-likeness (QED) is 0.524. The van der Waals surface area contributed by atoms with Crippen molar-refractivity contribution in [2.24, 2.45) is 5.92 Å². The van der Waals surface area contributed by atoms with Gasteiger partial charge in [-0.3, -0.25) is 0 Å². The molecule has 1 unspecified atom stereocenters. The van der Waals surface area contributed by atoms with Gasteiger partial charge in [0.15, 0.2) is 0 Å². The minimum absolute atomic E-state index is 0.0810. The van der Waals surface area contributed by atoms with Crippen LogP contribution in [0, 0.1) is 5.92 Å². The molecule has 1 aliphatic carbocycles. The van der Waals surface area contributed by atoms with E-state index in [0.717, 1.165) is 12.0 Å². The minimum Gasteiger partial charge on any atom is -0.212 e. The average Bonchev–Trinajstić information content (AvgIpc) is 1.88. The van der Waals surface area contributed by atoms with E-state index in [1.807, 2.05) is 19.9 Å². The third-order valence-corrected chi connectivity index (χ3v) is 1.86. The van der Waals surface area contributed by atoms with Gasteiger partial charge in [0, 0.05) is 6.42 Å². The van der Waals surface area contributed by atoms with Gasteiger partial charge in [-0.15, -0.1) is 0 Å². The Bertz CT molecular complexity index is 177. The smallest absolute Gasteiger partial charge is 0.104 e. The molecule has 1 atom stereocenters. The van der Waals surface area contributed by atoms with E-state index in [4.69, 9.17) is 0 Å². The number of hydrogen-bond donors (Lipinski definition) is 0. The lowest BCUT2D eigenvalue weighted by Gasteiger charge is -2.12. The summed E-state index contributed by atoms with van der Waals surface area (Å²) in [6.07, 6.45) is 5.39. The van der Waals surface area contributed by atoms with Crippen molar-refractivity contribution in [3.8, 4) is 0 Å². The van der Waals surface area contributed by atoms with Crippen LogP contribution in [0.25, 0.3) is 0 Å². The summed E-state index contributed by atoms with van der Waals surface area (Å²) < 4.78 is 12.9. The molecule has 1 heteroatoms. The highest BCUT2D eigenvalue weighted by molar-refractivity contribution is 5.26. The lowest BCUT2D eigenvalue weighted by Crippen LogP contribution is -1.98. The van der Waals surface area contributed by atoms with Crippen LogP contribution in [0.5, 0.6) is 0 Å². The van der Waals surface area contributed by atoms with Crippen molar-refractivity contribution in [2.45, 2.75) is 26.7 Å². The second-order valence-electron chi connectivity index (χ2n) is 2.82. The van der Waals surface area contributed by atoms with Gasteiger partial charge in [-0.05, 0) is 17.9 Å². The maximum absolute atomic E-state index is 12.9. The van der Waals surface area contributed by atoms with E-state index in [0.29, 0.717) is 12.3 Å². The largest absolute Gasteiger partial charge is 0.212 e. The van der Waals surface area contributed by atoms with Gasteiger partial charge in [0.1, 0.15) is 5.83 Å². The highest BCUT2D eigenvalue weighted by atomic mass is 19.1. The summed E-state index contributed by atoms with van der Waals surface area (Å²) in [6.45, 7) is 4.01. The normalized spacial score (nSPS) is 25.7. The summed E-state index contributed by atoms with van der Waals surface area (Å²) in [5.74, 6) is 0.466. The number of rotatable bonds is 1. The molecule has 0 aliphatic heterocycles. The van der Waals surface area contributed by atoms with E-state index < -0.39 is 0 Å². The van der Waals surface area contributed by atoms with Crippen molar-refractivity contribution in [1.82, 2.24) is 0 Å². The molecule has 0 fully saturated rings. The fourth-order valence-corrected chi connectivity index (χ4v) is 1.16. The molecule has 0 spiro atoms. The minimum atomic E-state index is 0.0810. The molecule has 0 saturated carbocycles. The van der Waals surface area contributed by atoms with E-state index >= 15 is 0 Å². The summed E-state index contributed by atoms with van der Waals surface area (Å²) in [7, 11) is 0. The van der Waals surface area contributed by atoms with Crippen molar-refractivity contribution in [3.05, 3.63) is 23.6 Å². The first-order valence-electron chi connectivity index (χ1n) is 3.79. The summed E-state index contributed by atoms with van der Waals surface area (Å²) in [6, 6.07) is 0. The Hall–Kier alpha value is -0.590. The first kappa shape index (κ1) is 7.52. The Labute approximate surface area is 61.4 Å². The second kappa shape index (κ2) is 3.00. The molecule has 0 saturated heterocycles. The van der Waals surface area contributed by atoms with Crippen LogP contribution in [0.3, 0.4) is 0 Å². The van der Waals surface area contributed by atoms with Gasteiger partial charge in [0.2, 0.25) is 0 Å². The van der Waals surface area contributed by atoms with Gasteiger partial charge >= 0.3 is 0 Å². The molecule has 0 aromatic rings. The van der Waals surface area contributed by atoms with Gasteiger partial charge in [-0.2, -0.15) is 0 Å². The molecule has 0 radical (unpaired) electrons. The summed E-state index contributed by atoms with van der Waals surface area (Å²) in [5, 5.41) is 0. The first-order chi connectivity index (χ1) is 4.74. The molecule has 1 rings (SSSR count). The molecule has 56 valence electrons. The van der Waals surface area contributed by atoms with Crippen molar-refractivity contribution >= 4 is 0 Å². The van der Waals surface area contributed by atoms with Crippen LogP contribution >= 0.6 is 0 Å². The number of halogens is 1. The van der Waals surface area contributed by atoms with Crippen LogP contribution in [-0.4, -0.2) is 0 Å². The monoisotopic (exact) mass is 140 g/mol. The second-order valence-corrected chi connectivity index (χ2v) is 2.82. The fraction of sp³-hybridized carbons (Fsp3) is 0.556. The van der Waals surface area contributed by atoms with Gasteiger partial charge in [0.25, 0.3) is 0 Å². The molecule has 0 heterocycles. The van der Waals surface area contributed by atoms with Gasteiger partial charge < -0.3 is 0 Å². The van der Waals surface area contributed by atoms with Crippen LogP contribution in [0.15, 0.2) is 23.6 Å². The van der Waals surface area contributed by atoms with Crippen molar-refractivity contribution < 1.29 is 4.39 Å². The zero-order valence-electron chi connectivity index (χ0n) is 6.52. The molecule has 0 N–H and O–H groups in total. The summed E-state index contributed by atoms with van der Waals surface area (Å²) in [4.78, 5) is 0. The van der Waals surface area contributed by atoms with E-state index in [1.54, 1.807) is 0 Å². The summed E-state index contributed by atoms with van der Waals surface area (Å²) in [5.41, 5.74) is 0.873. The highest BCUT2D eigenvalue weighted by Crippen LogP contribution is 2.25. The Kier molecular flexibility index (Phi) is 2.25. The molecular formula is C9H13F. The van der Waals surface area contributed by atoms with Gasteiger partial charge in [-0.25, -0.2) is 4.39 Å². The molecule has 0 aromatic heterocycles. The molecule has 0 aromatic carbocycles. The average molecular weight is 140 g/mol. The van der Waals surface area contributed by atoms with Crippen molar-refractivity contribution in [3.63, 3.8) is 0 Å². The zero-order valence-corrected chi connectivity index (χ0v) is 6.52. The van der Waals surface area contributed by atoms with Crippen LogP contribution in [-0.2, 0) is 0 Å². The Balaban J connectivity index is 2.73. The van der Waals surface area contributed by atoms with Crippen LogP contribution in [0.2, 0.25) is 0 Å². The van der Waals surface area contributed by atoms with E-state index in [1.165, 1.54) is 0 Å². The first-order valence-corrected chi connectivity index (χ1v) is 3.79. The van der Waals surface area contributed by atoms with E-state index in [2.05, 4.69) is 6.08 Å². The summed E-state index contributed by atoms with van der Waals surface area (Å²) >= 11 is 0. The number of allylic oxidation sites excluding steroid dienone is 4. The van der Waals surface area contributed by atoms with E-state index in [-0.39, 0.29) is 5.83 Å². The SMILES string of the molecule is CCC1=C(F)CC(C)C=C1. The Morgan fingerprint density at radius 3 is 2.90 bits per heavy atom. The van der Waals surface area contributed by atoms with Crippen molar-refractivity contribution in [1.29, 1.82) is 0 Å². The molecule has 1 aliphatic rings. The molecule has 0 amide bonds. The standard InChI is InChI=1S/C9H13F/c1-3-8-5-4-7(2)6-9(8)10/h4-5,7H,3,6H2,1-2H3. The van der Waals surface area contributed by atoms with E-state index in [9.17, 15) is 4.39 Å². The maximum atomic E-state index is 12.9. The van der Waals surface area contributed by atoms with Gasteiger partial charge in [0.05, 0.1) is 0 Å². The molecule has 0 bridgehead atoms. The molecular weight excluding hydrogens is 127 g/mol. The third-order valence-electron chi connectivity index (χ3n) is 1.86. The Morgan fingerprint density at radius 1 is 1.70 bits per heavy atom. The topological polar surface area (TPSA) is 0 Å². The van der Waals surface area contributed by atoms with Crippen LogP contribution in [0.4, 0.5) is 4.39 Å². The Morgan fingerprint density at radius 2 is 2.40 bits per heavy atom. The lowest BCUT2D eigenvalue weighted by atomic mass is 9.96. The number of hydrogen-bond acceptors (Lipinski definition) is 0. The maximum Gasteiger partial charge on any atom is 0.104 e. The predicted molar refractivity (Wildman–Crippen MR) is 41.3 cm³/mol.